The summed E-state index contributed by atoms with van der Waals surface area (Å²) < 4.78 is 2.11. The molecule has 1 aromatic heterocycles. The van der Waals surface area contributed by atoms with Crippen molar-refractivity contribution < 1.29 is 19.8 Å². The van der Waals surface area contributed by atoms with Crippen LogP contribution in [0.2, 0.25) is 0 Å². The first-order valence-corrected chi connectivity index (χ1v) is 12.1. The lowest BCUT2D eigenvalue weighted by Gasteiger charge is -2.22. The molecule has 1 amide bonds. The highest BCUT2D eigenvalue weighted by molar-refractivity contribution is 5.82. The summed E-state index contributed by atoms with van der Waals surface area (Å²) in [6, 6.07) is 18.2. The molecule has 2 heterocycles. The maximum Gasteiger partial charge on any atom is 0.303 e. The predicted molar refractivity (Wildman–Crippen MR) is 133 cm³/mol. The van der Waals surface area contributed by atoms with E-state index < -0.39 is 12.1 Å². The molecule has 1 aliphatic rings. The minimum absolute atomic E-state index is 0.00209. The number of aromatic nitrogens is 1. The molecule has 4 rings (SSSR count). The van der Waals surface area contributed by atoms with Crippen molar-refractivity contribution in [3.8, 4) is 5.69 Å². The van der Waals surface area contributed by atoms with Crippen LogP contribution >= 0.6 is 0 Å². The van der Waals surface area contributed by atoms with E-state index in [0.29, 0.717) is 19.4 Å². The van der Waals surface area contributed by atoms with Crippen molar-refractivity contribution in [1.82, 2.24) is 9.47 Å². The van der Waals surface area contributed by atoms with Gasteiger partial charge in [-0.15, -0.1) is 0 Å². The SMILES string of the molecule is O=C(O)CCCCCCN1C(=O)CCC1C=CC(O)c1cccc(-n2ccc3ccccc32)c1. The van der Waals surface area contributed by atoms with Crippen LogP contribution in [-0.4, -0.2) is 44.1 Å². The van der Waals surface area contributed by atoms with Crippen LogP contribution in [0.1, 0.15) is 56.6 Å². The molecule has 0 saturated carbocycles. The van der Waals surface area contributed by atoms with E-state index in [1.807, 2.05) is 53.6 Å². The van der Waals surface area contributed by atoms with Gasteiger partial charge in [0.2, 0.25) is 5.91 Å². The number of carboxylic acids is 1. The average molecular weight is 461 g/mol. The second kappa shape index (κ2) is 11.2. The van der Waals surface area contributed by atoms with Gasteiger partial charge in [-0.25, -0.2) is 0 Å². The monoisotopic (exact) mass is 460 g/mol. The summed E-state index contributed by atoms with van der Waals surface area (Å²) in [4.78, 5) is 24.8. The van der Waals surface area contributed by atoms with Crippen LogP contribution in [0.3, 0.4) is 0 Å². The zero-order valence-electron chi connectivity index (χ0n) is 19.3. The molecule has 178 valence electrons. The fourth-order valence-corrected chi connectivity index (χ4v) is 4.67. The van der Waals surface area contributed by atoms with Gasteiger partial charge in [-0.05, 0) is 54.5 Å². The van der Waals surface area contributed by atoms with Crippen LogP contribution in [0.25, 0.3) is 16.6 Å². The molecule has 0 aliphatic carbocycles. The summed E-state index contributed by atoms with van der Waals surface area (Å²) in [7, 11) is 0. The van der Waals surface area contributed by atoms with Gasteiger partial charge in [-0.2, -0.15) is 0 Å². The second-order valence-electron chi connectivity index (χ2n) is 8.92. The molecule has 6 heteroatoms. The third-order valence-electron chi connectivity index (χ3n) is 6.52. The van der Waals surface area contributed by atoms with Crippen LogP contribution in [-0.2, 0) is 9.59 Å². The number of likely N-dealkylation sites (tertiary alicyclic amines) is 1. The Kier molecular flexibility index (Phi) is 7.80. The molecule has 2 atom stereocenters. The molecule has 34 heavy (non-hydrogen) atoms. The summed E-state index contributed by atoms with van der Waals surface area (Å²) in [6.07, 6.45) is 9.84. The Labute approximate surface area is 200 Å². The Hall–Kier alpha value is -3.38. The normalized spacial score (nSPS) is 17.1. The van der Waals surface area contributed by atoms with Gasteiger partial charge >= 0.3 is 5.97 Å². The lowest BCUT2D eigenvalue weighted by Crippen LogP contribution is -2.32. The minimum Gasteiger partial charge on any atom is -0.481 e. The quantitative estimate of drug-likeness (QED) is 0.303. The number of benzene rings is 2. The van der Waals surface area contributed by atoms with Gasteiger partial charge in [0, 0.05) is 31.3 Å². The summed E-state index contributed by atoms with van der Waals surface area (Å²) in [5, 5.41) is 20.7. The lowest BCUT2D eigenvalue weighted by atomic mass is 10.1. The number of rotatable bonds is 11. The predicted octanol–water partition coefficient (Wildman–Crippen LogP) is 5.25. The highest BCUT2D eigenvalue weighted by atomic mass is 16.4. The van der Waals surface area contributed by atoms with Crippen LogP contribution < -0.4 is 0 Å². The Bertz CT molecular complexity index is 1170. The van der Waals surface area contributed by atoms with Crippen molar-refractivity contribution >= 4 is 22.8 Å². The Balaban J connectivity index is 1.37. The van der Waals surface area contributed by atoms with Gasteiger partial charge in [0.25, 0.3) is 0 Å². The van der Waals surface area contributed by atoms with E-state index in [2.05, 4.69) is 22.8 Å². The van der Waals surface area contributed by atoms with Crippen molar-refractivity contribution in [2.45, 2.75) is 57.1 Å². The number of hydrogen-bond acceptors (Lipinski definition) is 3. The molecule has 1 saturated heterocycles. The number of aliphatic carboxylic acids is 1. The fraction of sp³-hybridized carbons (Fsp3) is 0.357. The zero-order chi connectivity index (χ0) is 23.9. The number of para-hydroxylation sites is 1. The molecule has 0 radical (unpaired) electrons. The molecule has 2 unspecified atom stereocenters. The third kappa shape index (κ3) is 5.75. The molecule has 1 fully saturated rings. The van der Waals surface area contributed by atoms with Crippen molar-refractivity contribution in [3.05, 3.63) is 78.5 Å². The van der Waals surface area contributed by atoms with Crippen LogP contribution in [0.4, 0.5) is 0 Å². The van der Waals surface area contributed by atoms with Gasteiger partial charge < -0.3 is 19.7 Å². The van der Waals surface area contributed by atoms with Gasteiger partial charge in [0.1, 0.15) is 0 Å². The van der Waals surface area contributed by atoms with Crippen LogP contribution in [0.15, 0.2) is 72.9 Å². The summed E-state index contributed by atoms with van der Waals surface area (Å²) in [5.74, 6) is -0.609. The number of aliphatic hydroxyl groups excluding tert-OH is 1. The molecule has 2 aromatic carbocycles. The van der Waals surface area contributed by atoms with Crippen molar-refractivity contribution in [3.63, 3.8) is 0 Å². The number of fused-ring (bicyclic) bond motifs is 1. The van der Waals surface area contributed by atoms with Crippen molar-refractivity contribution in [2.75, 3.05) is 6.54 Å². The van der Waals surface area contributed by atoms with Gasteiger partial charge in [0.05, 0.1) is 17.7 Å². The van der Waals surface area contributed by atoms with E-state index in [4.69, 9.17) is 5.11 Å². The first-order valence-electron chi connectivity index (χ1n) is 12.1. The molecule has 0 bridgehead atoms. The highest BCUT2D eigenvalue weighted by Crippen LogP contribution is 2.25. The first-order chi connectivity index (χ1) is 16.5. The van der Waals surface area contributed by atoms with Gasteiger partial charge in [0.15, 0.2) is 0 Å². The fourth-order valence-electron chi connectivity index (χ4n) is 4.67. The van der Waals surface area contributed by atoms with Gasteiger partial charge in [-0.3, -0.25) is 9.59 Å². The number of aliphatic hydroxyl groups is 1. The van der Waals surface area contributed by atoms with Gasteiger partial charge in [-0.1, -0.05) is 55.3 Å². The van der Waals surface area contributed by atoms with Crippen LogP contribution in [0, 0.1) is 0 Å². The van der Waals surface area contributed by atoms with Crippen molar-refractivity contribution in [2.24, 2.45) is 0 Å². The largest absolute Gasteiger partial charge is 0.481 e. The Morgan fingerprint density at radius 2 is 1.88 bits per heavy atom. The van der Waals surface area contributed by atoms with E-state index in [1.54, 1.807) is 6.08 Å². The molecule has 6 nitrogen and oxygen atoms in total. The van der Waals surface area contributed by atoms with Crippen molar-refractivity contribution in [1.29, 1.82) is 0 Å². The number of carboxylic acid groups (broad SMARTS) is 1. The van der Waals surface area contributed by atoms with E-state index in [0.717, 1.165) is 42.5 Å². The average Bonchev–Trinajstić information content (AvgIpc) is 3.43. The van der Waals surface area contributed by atoms with E-state index >= 15 is 0 Å². The zero-order valence-corrected chi connectivity index (χ0v) is 19.3. The molecule has 3 aromatic rings. The highest BCUT2D eigenvalue weighted by Gasteiger charge is 2.28. The minimum atomic E-state index is -0.759. The molecule has 0 spiro atoms. The number of carbonyl (C=O) groups is 2. The summed E-state index contributed by atoms with van der Waals surface area (Å²) in [6.45, 7) is 0.674. The summed E-state index contributed by atoms with van der Waals surface area (Å²) >= 11 is 0. The maximum atomic E-state index is 12.3. The smallest absolute Gasteiger partial charge is 0.303 e. The molecular weight excluding hydrogens is 428 g/mol. The first kappa shape index (κ1) is 23.8. The Morgan fingerprint density at radius 3 is 2.74 bits per heavy atom. The number of carbonyl (C=O) groups excluding carboxylic acids is 1. The maximum absolute atomic E-state index is 12.3. The third-order valence-corrected chi connectivity index (χ3v) is 6.52. The van der Waals surface area contributed by atoms with E-state index in [9.17, 15) is 14.7 Å². The standard InChI is InChI=1S/C28H32N2O4/c31-26(15-13-23-14-16-27(32)30(23)18-6-2-1-3-12-28(33)34)22-9-7-10-24(20-22)29-19-17-21-8-4-5-11-25(21)29/h4-5,7-11,13,15,17,19-20,23,26,31H,1-3,6,12,14,16,18H2,(H,33,34). The molecule has 1 aliphatic heterocycles. The number of unbranched alkanes of at least 4 members (excludes halogenated alkanes) is 3. The summed E-state index contributed by atoms with van der Waals surface area (Å²) in [5.41, 5.74) is 2.92. The molecule has 2 N–H and O–H groups in total. The number of hydrogen-bond donors (Lipinski definition) is 2. The topological polar surface area (TPSA) is 82.8 Å². The van der Waals surface area contributed by atoms with E-state index in [1.165, 1.54) is 5.39 Å². The molecular formula is C28H32N2O4. The second-order valence-corrected chi connectivity index (χ2v) is 8.92. The van der Waals surface area contributed by atoms with E-state index in [-0.39, 0.29) is 18.4 Å². The number of amides is 1. The number of nitrogens with zero attached hydrogens (tertiary/aromatic N) is 2. The lowest BCUT2D eigenvalue weighted by molar-refractivity contribution is -0.137. The van der Waals surface area contributed by atoms with Crippen LogP contribution in [0.5, 0.6) is 0 Å². The Morgan fingerprint density at radius 1 is 1.06 bits per heavy atom.